The maximum atomic E-state index is 5.97. The zero-order chi connectivity index (χ0) is 12.0. The second-order valence-corrected chi connectivity index (χ2v) is 3.95. The number of nitrogens with two attached hydrogens (primary N) is 1. The number of aryl methyl sites for hydroxylation is 2. The number of anilines is 1. The molecule has 1 aromatic carbocycles. The van der Waals surface area contributed by atoms with E-state index in [1.807, 2.05) is 32.2 Å². The van der Waals surface area contributed by atoms with E-state index < -0.39 is 0 Å². The molecule has 3 rings (SSSR count). The number of hydrogen-bond donors (Lipinski definition) is 1. The normalized spacial score (nSPS) is 11.2. The lowest BCUT2D eigenvalue weighted by Crippen LogP contribution is -1.98. The van der Waals surface area contributed by atoms with Crippen LogP contribution in [-0.2, 0) is 7.05 Å². The van der Waals surface area contributed by atoms with Gasteiger partial charge in [-0.25, -0.2) is 4.98 Å². The third kappa shape index (κ3) is 1.39. The van der Waals surface area contributed by atoms with Crippen molar-refractivity contribution >= 4 is 16.9 Å². The largest absolute Gasteiger partial charge is 0.441 e. The molecule has 0 bridgehead atoms. The molecule has 2 N–H and O–H groups in total. The van der Waals surface area contributed by atoms with Crippen LogP contribution in [0.1, 0.15) is 5.89 Å². The van der Waals surface area contributed by atoms with Crippen LogP contribution in [0.4, 0.5) is 5.82 Å². The van der Waals surface area contributed by atoms with E-state index >= 15 is 0 Å². The van der Waals surface area contributed by atoms with E-state index in [9.17, 15) is 0 Å². The van der Waals surface area contributed by atoms with Gasteiger partial charge in [-0.1, -0.05) is 12.1 Å². The first-order chi connectivity index (χ1) is 8.16. The zero-order valence-electron chi connectivity index (χ0n) is 9.64. The maximum absolute atomic E-state index is 5.97. The lowest BCUT2D eigenvalue weighted by molar-refractivity contribution is 0.561. The second-order valence-electron chi connectivity index (χ2n) is 3.95. The molecular weight excluding hydrogens is 216 g/mol. The Labute approximate surface area is 97.9 Å². The first-order valence-electron chi connectivity index (χ1n) is 5.31. The highest BCUT2D eigenvalue weighted by molar-refractivity contribution is 5.93. The van der Waals surface area contributed by atoms with Gasteiger partial charge in [-0.3, -0.25) is 4.68 Å². The van der Waals surface area contributed by atoms with Crippen molar-refractivity contribution in [2.75, 3.05) is 5.73 Å². The topological polar surface area (TPSA) is 69.9 Å². The summed E-state index contributed by atoms with van der Waals surface area (Å²) < 4.78 is 7.14. The van der Waals surface area contributed by atoms with Crippen molar-refractivity contribution in [2.24, 2.45) is 7.05 Å². The van der Waals surface area contributed by atoms with Gasteiger partial charge >= 0.3 is 0 Å². The number of oxazole rings is 1. The summed E-state index contributed by atoms with van der Waals surface area (Å²) in [7, 11) is 1.81. The summed E-state index contributed by atoms with van der Waals surface area (Å²) in [6.07, 6.45) is 1.74. The van der Waals surface area contributed by atoms with Crippen LogP contribution in [-0.4, -0.2) is 14.8 Å². The Kier molecular flexibility index (Phi) is 1.95. The molecule has 0 spiro atoms. The Morgan fingerprint density at radius 1 is 1.29 bits per heavy atom. The van der Waals surface area contributed by atoms with Gasteiger partial charge in [-0.2, -0.15) is 5.10 Å². The molecule has 0 unspecified atom stereocenters. The molecule has 0 amide bonds. The number of rotatable bonds is 1. The minimum Gasteiger partial charge on any atom is -0.441 e. The number of para-hydroxylation sites is 1. The average Bonchev–Trinajstić information content (AvgIpc) is 2.82. The number of benzene rings is 1. The van der Waals surface area contributed by atoms with Gasteiger partial charge in [0, 0.05) is 25.1 Å². The maximum Gasteiger partial charge on any atom is 0.192 e. The third-order valence-electron chi connectivity index (χ3n) is 2.80. The van der Waals surface area contributed by atoms with E-state index in [2.05, 4.69) is 10.1 Å². The minimum absolute atomic E-state index is 0.623. The van der Waals surface area contributed by atoms with Crippen molar-refractivity contribution in [2.45, 2.75) is 6.92 Å². The number of fused-ring (bicyclic) bond motifs is 1. The first kappa shape index (κ1) is 9.89. The Balaban J connectivity index is 2.33. The van der Waals surface area contributed by atoms with Crippen LogP contribution in [0.15, 0.2) is 28.8 Å². The summed E-state index contributed by atoms with van der Waals surface area (Å²) >= 11 is 0. The Bertz CT molecular complexity index is 696. The van der Waals surface area contributed by atoms with Gasteiger partial charge in [0.05, 0.1) is 6.20 Å². The lowest BCUT2D eigenvalue weighted by atomic mass is 10.1. The van der Waals surface area contributed by atoms with Gasteiger partial charge in [0.25, 0.3) is 0 Å². The van der Waals surface area contributed by atoms with Crippen LogP contribution in [0, 0.1) is 6.92 Å². The van der Waals surface area contributed by atoms with Crippen molar-refractivity contribution in [3.05, 3.63) is 30.3 Å². The van der Waals surface area contributed by atoms with E-state index in [-0.39, 0.29) is 0 Å². The van der Waals surface area contributed by atoms with Crippen molar-refractivity contribution in [3.8, 4) is 11.1 Å². The Morgan fingerprint density at radius 2 is 2.12 bits per heavy atom. The summed E-state index contributed by atoms with van der Waals surface area (Å²) in [4.78, 5) is 4.38. The molecule has 17 heavy (non-hydrogen) atoms. The van der Waals surface area contributed by atoms with Gasteiger partial charge < -0.3 is 10.2 Å². The molecule has 3 aromatic rings. The van der Waals surface area contributed by atoms with Crippen molar-refractivity contribution in [1.29, 1.82) is 0 Å². The fourth-order valence-corrected chi connectivity index (χ4v) is 1.93. The van der Waals surface area contributed by atoms with Crippen molar-refractivity contribution in [1.82, 2.24) is 14.8 Å². The molecule has 2 aromatic heterocycles. The second kappa shape index (κ2) is 3.35. The van der Waals surface area contributed by atoms with E-state index in [1.54, 1.807) is 10.9 Å². The number of hydrogen-bond acceptors (Lipinski definition) is 4. The first-order valence-corrected chi connectivity index (χ1v) is 5.31. The molecule has 2 heterocycles. The van der Waals surface area contributed by atoms with Crippen LogP contribution in [0.5, 0.6) is 0 Å². The molecule has 0 fully saturated rings. The van der Waals surface area contributed by atoms with Crippen LogP contribution in [0.25, 0.3) is 22.2 Å². The summed E-state index contributed by atoms with van der Waals surface area (Å²) in [5, 5.41) is 4.14. The molecule has 0 aliphatic rings. The third-order valence-corrected chi connectivity index (χ3v) is 2.80. The highest BCUT2D eigenvalue weighted by Gasteiger charge is 2.13. The van der Waals surface area contributed by atoms with E-state index in [0.29, 0.717) is 11.7 Å². The molecular formula is C12H12N4O. The molecule has 86 valence electrons. The molecule has 0 aliphatic heterocycles. The number of nitrogen functional groups attached to an aromatic ring is 1. The summed E-state index contributed by atoms with van der Waals surface area (Å²) in [5.41, 5.74) is 9.40. The standard InChI is InChI=1S/C12H12N4O/c1-7-15-11-8(4-3-5-10(11)17-7)9-6-14-16(2)12(9)13/h3-6H,13H2,1-2H3. The molecule has 0 radical (unpaired) electrons. The summed E-state index contributed by atoms with van der Waals surface area (Å²) in [6.45, 7) is 1.83. The summed E-state index contributed by atoms with van der Waals surface area (Å²) in [5.74, 6) is 1.27. The predicted octanol–water partition coefficient (Wildman–Crippen LogP) is 2.12. The van der Waals surface area contributed by atoms with Crippen LogP contribution in [0.3, 0.4) is 0 Å². The fraction of sp³-hybridized carbons (Fsp3) is 0.167. The number of nitrogens with zero attached hydrogens (tertiary/aromatic N) is 3. The quantitative estimate of drug-likeness (QED) is 0.692. The van der Waals surface area contributed by atoms with Gasteiger partial charge in [-0.05, 0) is 6.07 Å². The molecule has 0 atom stereocenters. The van der Waals surface area contributed by atoms with Crippen LogP contribution in [0.2, 0.25) is 0 Å². The molecule has 0 aliphatic carbocycles. The van der Waals surface area contributed by atoms with E-state index in [4.69, 9.17) is 10.2 Å². The van der Waals surface area contributed by atoms with E-state index in [1.165, 1.54) is 0 Å². The molecule has 5 heteroatoms. The molecule has 5 nitrogen and oxygen atoms in total. The smallest absolute Gasteiger partial charge is 0.192 e. The highest BCUT2D eigenvalue weighted by atomic mass is 16.3. The molecule has 0 saturated carbocycles. The fourth-order valence-electron chi connectivity index (χ4n) is 1.93. The van der Waals surface area contributed by atoms with Gasteiger partial charge in [0.15, 0.2) is 11.5 Å². The average molecular weight is 228 g/mol. The van der Waals surface area contributed by atoms with Gasteiger partial charge in [0.2, 0.25) is 0 Å². The highest BCUT2D eigenvalue weighted by Crippen LogP contribution is 2.31. The van der Waals surface area contributed by atoms with Crippen LogP contribution >= 0.6 is 0 Å². The van der Waals surface area contributed by atoms with Gasteiger partial charge in [0.1, 0.15) is 11.3 Å². The number of aromatic nitrogens is 3. The van der Waals surface area contributed by atoms with Gasteiger partial charge in [-0.15, -0.1) is 0 Å². The minimum atomic E-state index is 0.623. The lowest BCUT2D eigenvalue weighted by Gasteiger charge is -2.00. The summed E-state index contributed by atoms with van der Waals surface area (Å²) in [6, 6.07) is 5.79. The predicted molar refractivity (Wildman–Crippen MR) is 65.4 cm³/mol. The van der Waals surface area contributed by atoms with Crippen molar-refractivity contribution in [3.63, 3.8) is 0 Å². The van der Waals surface area contributed by atoms with Crippen LogP contribution < -0.4 is 5.73 Å². The Morgan fingerprint density at radius 3 is 2.82 bits per heavy atom. The monoisotopic (exact) mass is 228 g/mol. The zero-order valence-corrected chi connectivity index (χ0v) is 9.64. The Hall–Kier alpha value is -2.30. The SMILES string of the molecule is Cc1nc2c(-c3cnn(C)c3N)cccc2o1. The molecule has 0 saturated heterocycles. The van der Waals surface area contributed by atoms with Crippen molar-refractivity contribution < 1.29 is 4.42 Å². The van der Waals surface area contributed by atoms with E-state index in [0.717, 1.165) is 22.2 Å².